The van der Waals surface area contributed by atoms with Crippen molar-refractivity contribution in [3.8, 4) is 0 Å². The van der Waals surface area contributed by atoms with Gasteiger partial charge in [-0.2, -0.15) is 0 Å². The number of carboxylic acids is 1. The van der Waals surface area contributed by atoms with Crippen LogP contribution in [0.3, 0.4) is 0 Å². The zero-order chi connectivity index (χ0) is 15.1. The predicted octanol–water partition coefficient (Wildman–Crippen LogP) is 2.94. The van der Waals surface area contributed by atoms with Crippen molar-refractivity contribution < 1.29 is 24.2 Å². The molecule has 0 aromatic rings. The number of methoxy groups -OCH3 is 1. The van der Waals surface area contributed by atoms with Crippen LogP contribution in [0.1, 0.15) is 51.4 Å². The monoisotopic (exact) mass is 286 g/mol. The minimum absolute atomic E-state index is 0.169. The lowest BCUT2D eigenvalue weighted by Crippen LogP contribution is -2.04. The normalized spacial score (nSPS) is 10.8. The molecule has 0 aromatic heterocycles. The van der Waals surface area contributed by atoms with Crippen molar-refractivity contribution in [2.45, 2.75) is 51.4 Å². The quantitative estimate of drug-likeness (QED) is 0.320. The summed E-state index contributed by atoms with van der Waals surface area (Å²) >= 11 is 0. The van der Waals surface area contributed by atoms with Crippen LogP contribution >= 0.6 is 0 Å². The first-order valence-corrected chi connectivity index (χ1v) is 7.18. The fourth-order valence-electron chi connectivity index (χ4n) is 1.70. The van der Waals surface area contributed by atoms with E-state index in [1.807, 2.05) is 6.08 Å². The largest absolute Gasteiger partial charge is 0.481 e. The first-order chi connectivity index (χ1) is 9.66. The average Bonchev–Trinajstić information content (AvgIpc) is 2.41. The Kier molecular flexibility index (Phi) is 13.1. The lowest BCUT2D eigenvalue weighted by atomic mass is 10.1. The summed E-state index contributed by atoms with van der Waals surface area (Å²) < 4.78 is 9.84. The minimum Gasteiger partial charge on any atom is -0.481 e. The number of ether oxygens (including phenoxy) is 2. The molecule has 5 heteroatoms. The van der Waals surface area contributed by atoms with Crippen LogP contribution in [-0.2, 0) is 19.1 Å². The fourth-order valence-corrected chi connectivity index (χ4v) is 1.70. The Hall–Kier alpha value is -1.36. The van der Waals surface area contributed by atoms with Gasteiger partial charge in [-0.1, -0.05) is 31.8 Å². The molecule has 0 saturated carbocycles. The lowest BCUT2D eigenvalue weighted by Gasteiger charge is -2.02. The number of esters is 1. The predicted molar refractivity (Wildman–Crippen MR) is 76.5 cm³/mol. The van der Waals surface area contributed by atoms with Crippen molar-refractivity contribution >= 4 is 11.9 Å². The molecule has 0 aromatic carbocycles. The van der Waals surface area contributed by atoms with E-state index in [9.17, 15) is 9.59 Å². The van der Waals surface area contributed by atoms with E-state index in [2.05, 4.69) is 0 Å². The Labute approximate surface area is 121 Å². The maximum absolute atomic E-state index is 11.3. The highest BCUT2D eigenvalue weighted by atomic mass is 16.5. The summed E-state index contributed by atoms with van der Waals surface area (Å²) in [5.74, 6) is -0.898. The zero-order valence-corrected chi connectivity index (χ0v) is 12.3. The van der Waals surface area contributed by atoms with Gasteiger partial charge in [0.15, 0.2) is 0 Å². The fraction of sp³-hybridized carbons (Fsp3) is 0.733. The van der Waals surface area contributed by atoms with Gasteiger partial charge in [0, 0.05) is 20.0 Å². The van der Waals surface area contributed by atoms with Gasteiger partial charge in [0.25, 0.3) is 0 Å². The highest BCUT2D eigenvalue weighted by molar-refractivity contribution is 5.69. The highest BCUT2D eigenvalue weighted by Crippen LogP contribution is 2.09. The van der Waals surface area contributed by atoms with Crippen LogP contribution in [0.15, 0.2) is 12.2 Å². The summed E-state index contributed by atoms with van der Waals surface area (Å²) in [5, 5.41) is 8.47. The first kappa shape index (κ1) is 18.6. The van der Waals surface area contributed by atoms with Gasteiger partial charge in [0.2, 0.25) is 0 Å². The number of aliphatic carboxylic acids is 1. The molecular weight excluding hydrogens is 260 g/mol. The van der Waals surface area contributed by atoms with Gasteiger partial charge >= 0.3 is 11.9 Å². The summed E-state index contributed by atoms with van der Waals surface area (Å²) in [6.07, 6.45) is 9.86. The Morgan fingerprint density at radius 2 is 1.45 bits per heavy atom. The summed E-state index contributed by atoms with van der Waals surface area (Å²) in [5.41, 5.74) is 0. The van der Waals surface area contributed by atoms with Crippen LogP contribution in [0.4, 0.5) is 0 Å². The molecular formula is C15H26O5. The molecule has 0 heterocycles. The molecule has 0 bridgehead atoms. The molecule has 0 aliphatic rings. The lowest BCUT2D eigenvalue weighted by molar-refractivity contribution is -0.142. The summed E-state index contributed by atoms with van der Waals surface area (Å²) in [4.78, 5) is 21.6. The third-order valence-corrected chi connectivity index (χ3v) is 2.79. The Morgan fingerprint density at radius 1 is 0.900 bits per heavy atom. The van der Waals surface area contributed by atoms with Crippen molar-refractivity contribution in [3.05, 3.63) is 12.2 Å². The number of unbranched alkanes of at least 4 members (excludes halogenated alkanes) is 5. The van der Waals surface area contributed by atoms with Crippen molar-refractivity contribution in [1.29, 1.82) is 0 Å². The Morgan fingerprint density at radius 3 is 2.05 bits per heavy atom. The molecule has 5 nitrogen and oxygen atoms in total. The van der Waals surface area contributed by atoms with Gasteiger partial charge in [-0.25, -0.2) is 0 Å². The van der Waals surface area contributed by atoms with Gasteiger partial charge in [-0.05, 0) is 18.9 Å². The zero-order valence-electron chi connectivity index (χ0n) is 12.3. The maximum atomic E-state index is 11.3. The van der Waals surface area contributed by atoms with E-state index >= 15 is 0 Å². The average molecular weight is 286 g/mol. The minimum atomic E-state index is -0.729. The standard InChI is InChI=1S/C15H26O5/c1-19-12-8-9-13-20-15(18)11-7-5-3-2-4-6-10-14(16)17/h8-9H,2-7,10-13H2,1H3,(H,16,17)/b9-8+. The second-order valence-electron chi connectivity index (χ2n) is 4.62. The topological polar surface area (TPSA) is 72.8 Å². The number of rotatable bonds is 13. The van der Waals surface area contributed by atoms with Gasteiger partial charge in [0.1, 0.15) is 6.61 Å². The molecule has 0 aliphatic carbocycles. The second kappa shape index (κ2) is 14.1. The summed E-state index contributed by atoms with van der Waals surface area (Å²) in [6.45, 7) is 0.830. The highest BCUT2D eigenvalue weighted by Gasteiger charge is 2.01. The molecule has 0 unspecified atom stereocenters. The van der Waals surface area contributed by atoms with E-state index in [0.29, 0.717) is 19.6 Å². The molecule has 0 atom stereocenters. The van der Waals surface area contributed by atoms with Gasteiger partial charge < -0.3 is 14.6 Å². The molecule has 0 radical (unpaired) electrons. The molecule has 1 N–H and O–H groups in total. The van der Waals surface area contributed by atoms with E-state index in [1.165, 1.54) is 0 Å². The molecule has 20 heavy (non-hydrogen) atoms. The van der Waals surface area contributed by atoms with Crippen LogP contribution in [0.2, 0.25) is 0 Å². The van der Waals surface area contributed by atoms with Gasteiger partial charge in [0.05, 0.1) is 6.61 Å². The number of carbonyl (C=O) groups excluding carboxylic acids is 1. The van der Waals surface area contributed by atoms with Crippen molar-refractivity contribution in [2.24, 2.45) is 0 Å². The van der Waals surface area contributed by atoms with Gasteiger partial charge in [-0.15, -0.1) is 0 Å². The van der Waals surface area contributed by atoms with E-state index < -0.39 is 5.97 Å². The second-order valence-corrected chi connectivity index (χ2v) is 4.62. The van der Waals surface area contributed by atoms with Crippen molar-refractivity contribution in [1.82, 2.24) is 0 Å². The van der Waals surface area contributed by atoms with Crippen LogP contribution in [0.5, 0.6) is 0 Å². The molecule has 0 aliphatic heterocycles. The SMILES string of the molecule is COC/C=C/COC(=O)CCCCCCCCC(=O)O. The summed E-state index contributed by atoms with van der Waals surface area (Å²) in [6, 6.07) is 0. The maximum Gasteiger partial charge on any atom is 0.306 e. The van der Waals surface area contributed by atoms with Gasteiger partial charge in [-0.3, -0.25) is 9.59 Å². The van der Waals surface area contributed by atoms with Crippen molar-refractivity contribution in [3.63, 3.8) is 0 Å². The van der Waals surface area contributed by atoms with E-state index in [0.717, 1.165) is 38.5 Å². The molecule has 0 saturated heterocycles. The molecule has 0 rings (SSSR count). The molecule has 0 spiro atoms. The number of carbonyl (C=O) groups is 2. The van der Waals surface area contributed by atoms with Crippen molar-refractivity contribution in [2.75, 3.05) is 20.3 Å². The number of carboxylic acid groups (broad SMARTS) is 1. The number of hydrogen-bond acceptors (Lipinski definition) is 4. The van der Waals surface area contributed by atoms with E-state index in [1.54, 1.807) is 13.2 Å². The Balaban J connectivity index is 3.25. The Bertz CT molecular complexity index is 286. The summed E-state index contributed by atoms with van der Waals surface area (Å²) in [7, 11) is 1.61. The van der Waals surface area contributed by atoms with E-state index in [4.69, 9.17) is 14.6 Å². The first-order valence-electron chi connectivity index (χ1n) is 7.18. The smallest absolute Gasteiger partial charge is 0.306 e. The van der Waals surface area contributed by atoms with Crippen LogP contribution in [0.25, 0.3) is 0 Å². The third-order valence-electron chi connectivity index (χ3n) is 2.79. The third kappa shape index (κ3) is 14.7. The molecule has 0 fully saturated rings. The molecule has 116 valence electrons. The number of hydrogen-bond donors (Lipinski definition) is 1. The van der Waals surface area contributed by atoms with E-state index in [-0.39, 0.29) is 12.4 Å². The van der Waals surface area contributed by atoms with Crippen LogP contribution < -0.4 is 0 Å². The van der Waals surface area contributed by atoms with Crippen LogP contribution in [-0.4, -0.2) is 37.4 Å². The molecule has 0 amide bonds. The van der Waals surface area contributed by atoms with Crippen LogP contribution in [0, 0.1) is 0 Å².